The van der Waals surface area contributed by atoms with Gasteiger partial charge in [-0.05, 0) is 12.8 Å². The number of hydrogen-bond donors (Lipinski definition) is 2. The number of nitrogens with zero attached hydrogens (tertiary/aromatic N) is 4. The van der Waals surface area contributed by atoms with Crippen molar-refractivity contribution in [1.82, 2.24) is 17.7 Å². The third kappa shape index (κ3) is 1.60. The van der Waals surface area contributed by atoms with Crippen molar-refractivity contribution < 1.29 is 0 Å². The quantitative estimate of drug-likeness (QED) is 0.813. The molecule has 1 aliphatic rings. The molecule has 0 bridgehead atoms. The Hall–Kier alpha value is -1.12. The Morgan fingerprint density at radius 1 is 1.47 bits per heavy atom. The molecule has 0 amide bonds. The second-order valence-electron chi connectivity index (χ2n) is 3.58. The molecule has 0 atom stereocenters. The molecule has 2 aromatic rings. The number of imidazole rings is 1. The van der Waals surface area contributed by atoms with Crippen LogP contribution in [-0.4, -0.2) is 23.8 Å². The summed E-state index contributed by atoms with van der Waals surface area (Å²) in [6.45, 7) is 0. The third-order valence-corrected chi connectivity index (χ3v) is 3.00. The van der Waals surface area contributed by atoms with Crippen LogP contribution >= 0.6 is 22.9 Å². The van der Waals surface area contributed by atoms with Crippen molar-refractivity contribution in [3.8, 4) is 0 Å². The molecule has 1 aliphatic carbocycles. The summed E-state index contributed by atoms with van der Waals surface area (Å²) in [5, 5.41) is 3.30. The monoisotopic (exact) mass is 316 g/mol. The summed E-state index contributed by atoms with van der Waals surface area (Å²) < 4.78 is 1.81. The van der Waals surface area contributed by atoms with Crippen molar-refractivity contribution in [1.29, 1.82) is 0 Å². The van der Waals surface area contributed by atoms with Crippen molar-refractivity contribution in [2.45, 2.75) is 18.9 Å². The largest absolute Gasteiger partial charge is 0.368 e. The van der Waals surface area contributed by atoms with Gasteiger partial charge in [-0.1, -0.05) is 0 Å². The summed E-state index contributed by atoms with van der Waals surface area (Å²) in [6, 6.07) is 0.530. The Balaban J connectivity index is 2.16. The molecule has 1 fully saturated rings. The van der Waals surface area contributed by atoms with Crippen LogP contribution in [0.1, 0.15) is 12.8 Å². The molecule has 1 saturated carbocycles. The molecular formula is C8H9IN6. The van der Waals surface area contributed by atoms with Crippen LogP contribution in [0.5, 0.6) is 0 Å². The van der Waals surface area contributed by atoms with Crippen molar-refractivity contribution in [3.63, 3.8) is 0 Å². The zero-order valence-electron chi connectivity index (χ0n) is 7.81. The molecule has 2 aromatic heterocycles. The van der Waals surface area contributed by atoms with Crippen molar-refractivity contribution in [2.24, 2.45) is 0 Å². The summed E-state index contributed by atoms with van der Waals surface area (Å²) in [5.74, 6) is 1.03. The maximum absolute atomic E-state index is 5.64. The molecule has 0 unspecified atom stereocenters. The number of aromatic nitrogens is 4. The SMILES string of the molecule is Nc1nc(NC2CC2)c2ncn(I)c2n1. The number of nitrogen functional groups attached to an aromatic ring is 1. The number of anilines is 2. The van der Waals surface area contributed by atoms with Gasteiger partial charge in [0.15, 0.2) is 17.0 Å². The lowest BCUT2D eigenvalue weighted by atomic mass is 10.4. The maximum atomic E-state index is 5.64. The molecule has 7 heteroatoms. The highest BCUT2D eigenvalue weighted by molar-refractivity contribution is 14.1. The van der Waals surface area contributed by atoms with Crippen LogP contribution in [0.2, 0.25) is 0 Å². The van der Waals surface area contributed by atoms with E-state index in [0.717, 1.165) is 17.0 Å². The Labute approximate surface area is 99.8 Å². The molecule has 0 aliphatic heterocycles. The predicted octanol–water partition coefficient (Wildman–Crippen LogP) is 1.18. The van der Waals surface area contributed by atoms with Gasteiger partial charge in [0, 0.05) is 6.04 Å². The van der Waals surface area contributed by atoms with Crippen LogP contribution in [0, 0.1) is 0 Å². The number of fused-ring (bicyclic) bond motifs is 1. The zero-order valence-corrected chi connectivity index (χ0v) is 9.97. The highest BCUT2D eigenvalue weighted by Crippen LogP contribution is 2.28. The minimum Gasteiger partial charge on any atom is -0.368 e. The lowest BCUT2D eigenvalue weighted by molar-refractivity contribution is 1.10. The normalized spacial score (nSPS) is 15.8. The number of halogens is 1. The van der Waals surface area contributed by atoms with E-state index in [0.29, 0.717) is 6.04 Å². The van der Waals surface area contributed by atoms with Gasteiger partial charge in [-0.25, -0.2) is 4.98 Å². The van der Waals surface area contributed by atoms with Gasteiger partial charge in [-0.3, -0.25) is 2.78 Å². The molecule has 2 heterocycles. The van der Waals surface area contributed by atoms with Gasteiger partial charge in [0.2, 0.25) is 5.95 Å². The average Bonchev–Trinajstić information content (AvgIpc) is 2.92. The van der Waals surface area contributed by atoms with Gasteiger partial charge >= 0.3 is 0 Å². The van der Waals surface area contributed by atoms with Crippen molar-refractivity contribution in [2.75, 3.05) is 11.1 Å². The first-order chi connectivity index (χ1) is 7.24. The lowest BCUT2D eigenvalue weighted by Gasteiger charge is -2.04. The standard InChI is InChI=1S/C8H9IN6/c9-15-3-11-5-6(12-4-1-2-4)13-8(10)14-7(5)15/h3-4H,1-2H2,(H3,10,12,13,14). The lowest BCUT2D eigenvalue weighted by Crippen LogP contribution is -2.06. The number of rotatable bonds is 2. The van der Waals surface area contributed by atoms with Crippen LogP contribution in [0.25, 0.3) is 11.2 Å². The van der Waals surface area contributed by atoms with Gasteiger partial charge in [0.25, 0.3) is 0 Å². The van der Waals surface area contributed by atoms with E-state index in [2.05, 4.69) is 43.1 Å². The molecule has 0 spiro atoms. The first kappa shape index (κ1) is 9.13. The van der Waals surface area contributed by atoms with Crippen LogP contribution < -0.4 is 11.1 Å². The Bertz CT molecular complexity index is 517. The summed E-state index contributed by atoms with van der Waals surface area (Å²) in [5.41, 5.74) is 7.18. The zero-order chi connectivity index (χ0) is 10.4. The van der Waals surface area contributed by atoms with Crippen molar-refractivity contribution >= 4 is 45.8 Å². The van der Waals surface area contributed by atoms with Gasteiger partial charge < -0.3 is 11.1 Å². The highest BCUT2D eigenvalue weighted by atomic mass is 127. The molecule has 0 saturated heterocycles. The van der Waals surface area contributed by atoms with E-state index in [1.165, 1.54) is 12.8 Å². The second-order valence-corrected chi connectivity index (χ2v) is 4.62. The molecule has 0 aromatic carbocycles. The topological polar surface area (TPSA) is 81.6 Å². The van der Waals surface area contributed by atoms with Gasteiger partial charge in [-0.15, -0.1) is 0 Å². The van der Waals surface area contributed by atoms with Crippen LogP contribution in [0.15, 0.2) is 6.33 Å². The Morgan fingerprint density at radius 2 is 2.27 bits per heavy atom. The predicted molar refractivity (Wildman–Crippen MR) is 65.8 cm³/mol. The number of hydrogen-bond acceptors (Lipinski definition) is 5. The van der Waals surface area contributed by atoms with E-state index >= 15 is 0 Å². The minimum atomic E-state index is 0.282. The minimum absolute atomic E-state index is 0.282. The van der Waals surface area contributed by atoms with E-state index < -0.39 is 0 Å². The third-order valence-electron chi connectivity index (χ3n) is 2.29. The van der Waals surface area contributed by atoms with Gasteiger partial charge in [0.05, 0.1) is 22.9 Å². The molecule has 0 radical (unpaired) electrons. The van der Waals surface area contributed by atoms with E-state index in [1.807, 2.05) is 2.78 Å². The molecular weight excluding hydrogens is 307 g/mol. The maximum Gasteiger partial charge on any atom is 0.224 e. The first-order valence-electron chi connectivity index (χ1n) is 4.67. The summed E-state index contributed by atoms with van der Waals surface area (Å²) in [7, 11) is 0. The van der Waals surface area contributed by atoms with Crippen LogP contribution in [-0.2, 0) is 0 Å². The fourth-order valence-corrected chi connectivity index (χ4v) is 1.87. The summed E-state index contributed by atoms with van der Waals surface area (Å²) in [4.78, 5) is 12.6. The fourth-order valence-electron chi connectivity index (χ4n) is 1.41. The fraction of sp³-hybridized carbons (Fsp3) is 0.375. The summed E-state index contributed by atoms with van der Waals surface area (Å²) >= 11 is 2.12. The Kier molecular flexibility index (Phi) is 1.94. The average molecular weight is 316 g/mol. The smallest absolute Gasteiger partial charge is 0.224 e. The van der Waals surface area contributed by atoms with E-state index in [9.17, 15) is 0 Å². The second kappa shape index (κ2) is 3.19. The number of nitrogens with one attached hydrogen (secondary N) is 1. The molecule has 3 N–H and O–H groups in total. The highest BCUT2D eigenvalue weighted by Gasteiger charge is 2.23. The van der Waals surface area contributed by atoms with Crippen LogP contribution in [0.4, 0.5) is 11.8 Å². The molecule has 6 nitrogen and oxygen atoms in total. The molecule has 3 rings (SSSR count). The van der Waals surface area contributed by atoms with E-state index in [1.54, 1.807) is 6.33 Å². The van der Waals surface area contributed by atoms with Gasteiger partial charge in [0.1, 0.15) is 6.33 Å². The van der Waals surface area contributed by atoms with Crippen LogP contribution in [0.3, 0.4) is 0 Å². The Morgan fingerprint density at radius 3 is 3.00 bits per heavy atom. The molecule has 15 heavy (non-hydrogen) atoms. The summed E-state index contributed by atoms with van der Waals surface area (Å²) in [6.07, 6.45) is 4.09. The van der Waals surface area contributed by atoms with Crippen molar-refractivity contribution in [3.05, 3.63) is 6.33 Å². The van der Waals surface area contributed by atoms with E-state index in [-0.39, 0.29) is 5.95 Å². The van der Waals surface area contributed by atoms with E-state index in [4.69, 9.17) is 5.73 Å². The molecule has 78 valence electrons. The number of nitrogens with two attached hydrogens (primary N) is 1. The van der Waals surface area contributed by atoms with Gasteiger partial charge in [-0.2, -0.15) is 9.97 Å². The first-order valence-corrected chi connectivity index (χ1v) is 5.64.